The third-order valence-corrected chi connectivity index (χ3v) is 5.98. The topological polar surface area (TPSA) is 60.2 Å². The van der Waals surface area contributed by atoms with E-state index in [1.165, 1.54) is 0 Å². The third-order valence-electron chi connectivity index (χ3n) is 4.77. The summed E-state index contributed by atoms with van der Waals surface area (Å²) in [5, 5.41) is 14.1. The zero-order chi connectivity index (χ0) is 19.3. The van der Waals surface area contributed by atoms with Crippen LogP contribution in [0.4, 0.5) is 5.69 Å². The minimum Gasteiger partial charge on any atom is -0.360 e. The lowest BCUT2D eigenvalue weighted by Crippen LogP contribution is -2.13. The number of aliphatic imine (C=N–C) groups is 2. The van der Waals surface area contributed by atoms with Crippen LogP contribution in [0.2, 0.25) is 0 Å². The Hall–Kier alpha value is -3.22. The van der Waals surface area contributed by atoms with Crippen LogP contribution < -0.4 is 14.4 Å². The summed E-state index contributed by atoms with van der Waals surface area (Å²) >= 11 is 1.69. The van der Waals surface area contributed by atoms with Gasteiger partial charge in [0.1, 0.15) is 0 Å². The summed E-state index contributed by atoms with van der Waals surface area (Å²) in [5.41, 5.74) is 7.90. The van der Waals surface area contributed by atoms with Gasteiger partial charge >= 0.3 is 0 Å². The molecule has 1 aromatic rings. The fourth-order valence-corrected chi connectivity index (χ4v) is 4.47. The summed E-state index contributed by atoms with van der Waals surface area (Å²) in [6.07, 6.45) is 17.6. The van der Waals surface area contributed by atoms with E-state index < -0.39 is 0 Å². The van der Waals surface area contributed by atoms with Crippen molar-refractivity contribution in [3.63, 3.8) is 0 Å². The largest absolute Gasteiger partial charge is 0.360 e. The van der Waals surface area contributed by atoms with E-state index in [2.05, 4.69) is 28.5 Å². The number of nitrogens with one attached hydrogen (secondary N) is 1. The molecule has 6 heteroatoms. The highest BCUT2D eigenvalue weighted by molar-refractivity contribution is 7.08. The molecule has 0 fully saturated rings. The molecule has 4 aliphatic rings. The molecule has 0 unspecified atom stereocenters. The predicted molar refractivity (Wildman–Crippen MR) is 116 cm³/mol. The first-order chi connectivity index (χ1) is 13.6. The fourth-order valence-electron chi connectivity index (χ4n) is 3.38. The van der Waals surface area contributed by atoms with Crippen LogP contribution >= 0.6 is 11.3 Å². The average Bonchev–Trinajstić information content (AvgIpc) is 3.27. The van der Waals surface area contributed by atoms with Gasteiger partial charge in [0.15, 0.2) is 0 Å². The molecule has 3 aliphatic heterocycles. The Kier molecular flexibility index (Phi) is 3.89. The molecule has 28 heavy (non-hydrogen) atoms. The number of fused-ring (bicyclic) bond motifs is 2. The van der Waals surface area contributed by atoms with Gasteiger partial charge in [-0.15, -0.1) is 11.3 Å². The van der Waals surface area contributed by atoms with Crippen LogP contribution in [-0.4, -0.2) is 21.7 Å². The van der Waals surface area contributed by atoms with E-state index in [0.717, 1.165) is 59.5 Å². The van der Waals surface area contributed by atoms with Crippen LogP contribution in [-0.2, 0) is 0 Å². The van der Waals surface area contributed by atoms with E-state index in [0.29, 0.717) is 0 Å². The molecule has 0 spiro atoms. The molecule has 0 radical (unpaired) electrons. The molecule has 4 heterocycles. The lowest BCUT2D eigenvalue weighted by atomic mass is 10.0. The first kappa shape index (κ1) is 16.9. The second-order valence-electron chi connectivity index (χ2n) is 6.87. The van der Waals surface area contributed by atoms with Crippen molar-refractivity contribution in [1.82, 2.24) is 5.06 Å². The number of nitrogens with zero attached hydrogens (tertiary/aromatic N) is 3. The van der Waals surface area contributed by atoms with Gasteiger partial charge in [0.05, 0.1) is 27.3 Å². The number of allylic oxidation sites excluding steroid dienone is 9. The van der Waals surface area contributed by atoms with E-state index in [1.54, 1.807) is 17.5 Å². The molecular weight excluding hydrogens is 368 g/mol. The summed E-state index contributed by atoms with van der Waals surface area (Å²) in [7, 11) is 0. The van der Waals surface area contributed by atoms with Crippen molar-refractivity contribution in [2.75, 3.05) is 5.32 Å². The van der Waals surface area contributed by atoms with Crippen LogP contribution in [0.1, 0.15) is 13.8 Å². The first-order valence-electron chi connectivity index (χ1n) is 8.99. The number of thiophene rings is 1. The molecule has 0 amide bonds. The van der Waals surface area contributed by atoms with Gasteiger partial charge in [0.25, 0.3) is 0 Å². The van der Waals surface area contributed by atoms with Crippen LogP contribution in [0.3, 0.4) is 0 Å². The Morgan fingerprint density at radius 1 is 1.11 bits per heavy atom. The Bertz CT molecular complexity index is 1260. The van der Waals surface area contributed by atoms with E-state index in [1.807, 2.05) is 50.4 Å². The predicted octanol–water partition coefficient (Wildman–Crippen LogP) is 3.36. The van der Waals surface area contributed by atoms with Crippen molar-refractivity contribution in [1.29, 1.82) is 0 Å². The summed E-state index contributed by atoms with van der Waals surface area (Å²) in [4.78, 5) is 9.38. The lowest BCUT2D eigenvalue weighted by molar-refractivity contribution is -0.00414. The van der Waals surface area contributed by atoms with Crippen LogP contribution in [0.25, 0.3) is 11.3 Å². The minimum absolute atomic E-state index is 0.788. The minimum atomic E-state index is 0.788. The first-order valence-corrected chi connectivity index (χ1v) is 9.80. The number of rotatable bonds is 1. The third kappa shape index (κ3) is 2.93. The Labute approximate surface area is 166 Å². The molecule has 138 valence electrons. The van der Waals surface area contributed by atoms with Gasteiger partial charge in [0, 0.05) is 33.9 Å². The second kappa shape index (κ2) is 6.44. The SMILES string of the molecule is CC1=CC2=CC(=NC3=c4sc(=C5C=CN(O)C(C)=C5)cc4NC=C3)C=CC2=N1. The van der Waals surface area contributed by atoms with E-state index >= 15 is 0 Å². The molecule has 0 saturated carbocycles. The molecule has 1 aromatic heterocycles. The van der Waals surface area contributed by atoms with Crippen LogP contribution in [0.5, 0.6) is 0 Å². The van der Waals surface area contributed by atoms with E-state index in [9.17, 15) is 5.21 Å². The van der Waals surface area contributed by atoms with E-state index in [-0.39, 0.29) is 0 Å². The van der Waals surface area contributed by atoms with Crippen molar-refractivity contribution >= 4 is 39.7 Å². The van der Waals surface area contributed by atoms with Gasteiger partial charge in [-0.3, -0.25) is 10.2 Å². The Morgan fingerprint density at radius 3 is 2.86 bits per heavy atom. The highest BCUT2D eigenvalue weighted by atomic mass is 32.1. The number of anilines is 1. The maximum atomic E-state index is 9.71. The zero-order valence-corrected chi connectivity index (χ0v) is 16.3. The van der Waals surface area contributed by atoms with E-state index in [4.69, 9.17) is 4.99 Å². The monoisotopic (exact) mass is 386 g/mol. The fraction of sp³-hybridized carbons (Fsp3) is 0.0909. The van der Waals surface area contributed by atoms with Crippen molar-refractivity contribution in [2.24, 2.45) is 9.98 Å². The van der Waals surface area contributed by atoms with Crippen molar-refractivity contribution in [3.8, 4) is 0 Å². The van der Waals surface area contributed by atoms with Crippen LogP contribution in [0.15, 0.2) is 88.0 Å². The summed E-state index contributed by atoms with van der Waals surface area (Å²) in [5.74, 6) is 0. The highest BCUT2D eigenvalue weighted by Crippen LogP contribution is 2.21. The molecule has 0 atom stereocenters. The van der Waals surface area contributed by atoms with Gasteiger partial charge < -0.3 is 5.32 Å². The molecule has 1 aliphatic carbocycles. The normalized spacial score (nSPS) is 23.2. The second-order valence-corrected chi connectivity index (χ2v) is 7.92. The maximum absolute atomic E-state index is 9.71. The molecule has 0 bridgehead atoms. The van der Waals surface area contributed by atoms with Crippen molar-refractivity contribution in [2.45, 2.75) is 13.8 Å². The smallest absolute Gasteiger partial charge is 0.0844 e. The standard InChI is InChI=1S/C22H18N4OS/c1-13-9-16-11-17(3-4-18(16)24-13)25-19-5-7-23-20-12-21(28-22(19)20)15-6-8-26(27)14(2)10-15/h3-12,23,27H,1-2H3. The molecule has 5 nitrogen and oxygen atoms in total. The molecule has 0 saturated heterocycles. The number of hydrogen-bond donors (Lipinski definition) is 2. The highest BCUT2D eigenvalue weighted by Gasteiger charge is 2.15. The van der Waals surface area contributed by atoms with Gasteiger partial charge in [-0.05, 0) is 68.0 Å². The number of hydroxylamine groups is 2. The summed E-state index contributed by atoms with van der Waals surface area (Å²) < 4.78 is 2.23. The van der Waals surface area contributed by atoms with Crippen molar-refractivity contribution < 1.29 is 5.21 Å². The quantitative estimate of drug-likeness (QED) is 0.728. The Morgan fingerprint density at radius 2 is 2.00 bits per heavy atom. The lowest BCUT2D eigenvalue weighted by Gasteiger charge is -2.16. The summed E-state index contributed by atoms with van der Waals surface area (Å²) in [6.45, 7) is 3.88. The van der Waals surface area contributed by atoms with Crippen molar-refractivity contribution in [3.05, 3.63) is 87.0 Å². The molecular formula is C22H18N4OS. The summed E-state index contributed by atoms with van der Waals surface area (Å²) in [6, 6.07) is 2.13. The number of hydrogen-bond acceptors (Lipinski definition) is 6. The van der Waals surface area contributed by atoms with Gasteiger partial charge in [-0.2, -0.15) is 0 Å². The average molecular weight is 386 g/mol. The Balaban J connectivity index is 1.62. The van der Waals surface area contributed by atoms with Gasteiger partial charge in [0.2, 0.25) is 0 Å². The molecule has 0 aromatic carbocycles. The molecule has 5 rings (SSSR count). The zero-order valence-electron chi connectivity index (χ0n) is 15.5. The van der Waals surface area contributed by atoms with Gasteiger partial charge in [-0.1, -0.05) is 0 Å². The van der Waals surface area contributed by atoms with Gasteiger partial charge in [-0.25, -0.2) is 10.1 Å². The maximum Gasteiger partial charge on any atom is 0.0844 e. The molecule has 2 N–H and O–H groups in total. The van der Waals surface area contributed by atoms with Crippen LogP contribution in [0, 0.1) is 0 Å².